The van der Waals surface area contributed by atoms with Crippen molar-refractivity contribution in [1.82, 2.24) is 10.6 Å². The summed E-state index contributed by atoms with van der Waals surface area (Å²) in [7, 11) is 0. The van der Waals surface area contributed by atoms with Crippen molar-refractivity contribution in [3.8, 4) is 0 Å². The van der Waals surface area contributed by atoms with Gasteiger partial charge >= 0.3 is 0 Å². The van der Waals surface area contributed by atoms with Crippen LogP contribution in [-0.4, -0.2) is 17.3 Å². The second-order valence-electron chi connectivity index (χ2n) is 3.18. The van der Waals surface area contributed by atoms with Gasteiger partial charge in [0.15, 0.2) is 5.11 Å². The van der Waals surface area contributed by atoms with E-state index in [4.69, 9.17) is 12.2 Å². The average Bonchev–Trinajstić information content (AvgIpc) is 2.26. The fourth-order valence-corrected chi connectivity index (χ4v) is 1.46. The first kappa shape index (κ1) is 12.3. The zero-order valence-corrected chi connectivity index (χ0v) is 9.58. The molecule has 0 radical (unpaired) electrons. The van der Waals surface area contributed by atoms with Gasteiger partial charge in [-0.05, 0) is 17.8 Å². The van der Waals surface area contributed by atoms with Gasteiger partial charge in [0.1, 0.15) is 12.3 Å². The summed E-state index contributed by atoms with van der Waals surface area (Å²) in [5.41, 5.74) is 0.796. The number of nitrogens with one attached hydrogen (secondary N) is 2. The number of carbonyl (C=O) groups excluding carboxylic acids is 2. The lowest BCUT2D eigenvalue weighted by molar-refractivity contribution is -0.117. The molecule has 0 spiro atoms. The first-order valence-electron chi connectivity index (χ1n) is 4.72. The van der Waals surface area contributed by atoms with Crippen molar-refractivity contribution in [3.63, 3.8) is 0 Å². The van der Waals surface area contributed by atoms with E-state index < -0.39 is 6.04 Å². The minimum Gasteiger partial charge on any atom is -0.349 e. The minimum atomic E-state index is -0.541. The van der Waals surface area contributed by atoms with Gasteiger partial charge in [-0.2, -0.15) is 0 Å². The predicted octanol–water partition coefficient (Wildman–Crippen LogP) is 0.937. The van der Waals surface area contributed by atoms with E-state index in [9.17, 15) is 9.59 Å². The molecule has 0 aliphatic carbocycles. The smallest absolute Gasteiger partial charge is 0.222 e. The van der Waals surface area contributed by atoms with Gasteiger partial charge in [0.05, 0.1) is 0 Å². The molecule has 1 aromatic carbocycles. The standard InChI is InChI=1S/C11H12N2O2S/c1-8(15)12-11(16)13-10(7-14)9-5-3-2-4-6-9/h2-7,10H,1H3,(H2,12,13,15,16). The summed E-state index contributed by atoms with van der Waals surface area (Å²) < 4.78 is 0. The maximum Gasteiger partial charge on any atom is 0.222 e. The highest BCUT2D eigenvalue weighted by atomic mass is 32.1. The van der Waals surface area contributed by atoms with Crippen molar-refractivity contribution in [2.24, 2.45) is 0 Å². The number of thiocarbonyl (C=S) groups is 1. The predicted molar refractivity (Wildman–Crippen MR) is 64.8 cm³/mol. The molecule has 0 saturated heterocycles. The maximum atomic E-state index is 10.9. The first-order valence-corrected chi connectivity index (χ1v) is 5.12. The van der Waals surface area contributed by atoms with Crippen LogP contribution >= 0.6 is 12.2 Å². The number of aldehydes is 1. The van der Waals surface area contributed by atoms with Crippen LogP contribution in [0.4, 0.5) is 0 Å². The maximum absolute atomic E-state index is 10.9. The van der Waals surface area contributed by atoms with E-state index in [0.717, 1.165) is 11.8 Å². The number of carbonyl (C=O) groups is 2. The molecule has 1 atom stereocenters. The highest BCUT2D eigenvalue weighted by Crippen LogP contribution is 2.09. The second-order valence-corrected chi connectivity index (χ2v) is 3.59. The second kappa shape index (κ2) is 5.97. The Hall–Kier alpha value is -1.75. The van der Waals surface area contributed by atoms with Crippen molar-refractivity contribution >= 4 is 29.5 Å². The molecule has 1 aromatic rings. The third-order valence-electron chi connectivity index (χ3n) is 1.87. The monoisotopic (exact) mass is 236 g/mol. The van der Waals surface area contributed by atoms with Crippen LogP contribution in [0.15, 0.2) is 30.3 Å². The molecule has 0 bridgehead atoms. The Kier molecular flexibility index (Phi) is 4.60. The highest BCUT2D eigenvalue weighted by molar-refractivity contribution is 7.80. The van der Waals surface area contributed by atoms with E-state index in [0.29, 0.717) is 0 Å². The SMILES string of the molecule is CC(=O)NC(=S)NC(C=O)c1ccccc1. The van der Waals surface area contributed by atoms with Gasteiger partial charge in [-0.1, -0.05) is 30.3 Å². The molecule has 0 aromatic heterocycles. The van der Waals surface area contributed by atoms with Gasteiger partial charge in [0.2, 0.25) is 5.91 Å². The highest BCUT2D eigenvalue weighted by Gasteiger charge is 2.11. The summed E-state index contributed by atoms with van der Waals surface area (Å²) in [5, 5.41) is 5.29. The summed E-state index contributed by atoms with van der Waals surface area (Å²) in [4.78, 5) is 21.6. The molecule has 1 amide bonds. The molecule has 1 rings (SSSR count). The van der Waals surface area contributed by atoms with Gasteiger partial charge in [-0.3, -0.25) is 4.79 Å². The third-order valence-corrected chi connectivity index (χ3v) is 2.09. The normalized spacial score (nSPS) is 11.3. The number of hydrogen-bond donors (Lipinski definition) is 2. The van der Waals surface area contributed by atoms with Crippen molar-refractivity contribution in [2.75, 3.05) is 0 Å². The van der Waals surface area contributed by atoms with Gasteiger partial charge in [-0.25, -0.2) is 0 Å². The summed E-state index contributed by atoms with van der Waals surface area (Å²) >= 11 is 4.87. The third kappa shape index (κ3) is 3.78. The summed E-state index contributed by atoms with van der Waals surface area (Å²) in [6, 6.07) is 8.59. The van der Waals surface area contributed by atoms with Crippen LogP contribution in [0, 0.1) is 0 Å². The molecular weight excluding hydrogens is 224 g/mol. The largest absolute Gasteiger partial charge is 0.349 e. The van der Waals surface area contributed by atoms with Crippen LogP contribution < -0.4 is 10.6 Å². The van der Waals surface area contributed by atoms with Gasteiger partial charge < -0.3 is 15.4 Å². The van der Waals surface area contributed by atoms with Crippen molar-refractivity contribution < 1.29 is 9.59 Å². The molecule has 84 valence electrons. The minimum absolute atomic E-state index is 0.147. The Morgan fingerprint density at radius 1 is 1.38 bits per heavy atom. The van der Waals surface area contributed by atoms with Crippen LogP contribution in [0.3, 0.4) is 0 Å². The molecule has 16 heavy (non-hydrogen) atoms. The zero-order chi connectivity index (χ0) is 12.0. The molecule has 0 heterocycles. The molecule has 0 saturated carbocycles. The van der Waals surface area contributed by atoms with E-state index in [1.54, 1.807) is 0 Å². The summed E-state index contributed by atoms with van der Waals surface area (Å²) in [6.45, 7) is 1.35. The molecule has 0 fully saturated rings. The molecule has 5 heteroatoms. The van der Waals surface area contributed by atoms with Gasteiger partial charge in [0, 0.05) is 6.92 Å². The van der Waals surface area contributed by atoms with E-state index in [-0.39, 0.29) is 11.0 Å². The first-order chi connectivity index (χ1) is 7.63. The Labute approximate surface area is 99.0 Å². The number of benzene rings is 1. The Morgan fingerprint density at radius 2 is 2.00 bits per heavy atom. The van der Waals surface area contributed by atoms with Crippen LogP contribution in [0.1, 0.15) is 18.5 Å². The topological polar surface area (TPSA) is 58.2 Å². The van der Waals surface area contributed by atoms with Crippen molar-refractivity contribution in [1.29, 1.82) is 0 Å². The molecule has 2 N–H and O–H groups in total. The lowest BCUT2D eigenvalue weighted by Gasteiger charge is -2.14. The van der Waals surface area contributed by atoms with Crippen LogP contribution in [0.25, 0.3) is 0 Å². The Balaban J connectivity index is 2.66. The molecule has 0 aliphatic heterocycles. The Bertz CT molecular complexity index is 392. The van der Waals surface area contributed by atoms with Crippen molar-refractivity contribution in [2.45, 2.75) is 13.0 Å². The number of hydrogen-bond acceptors (Lipinski definition) is 3. The molecule has 1 unspecified atom stereocenters. The Morgan fingerprint density at radius 3 is 2.50 bits per heavy atom. The van der Waals surface area contributed by atoms with Gasteiger partial charge in [0.25, 0.3) is 0 Å². The summed E-state index contributed by atoms with van der Waals surface area (Å²) in [6.07, 6.45) is 0.740. The molecular formula is C11H12N2O2S. The number of rotatable bonds is 3. The van der Waals surface area contributed by atoms with Crippen LogP contribution in [0.2, 0.25) is 0 Å². The van der Waals surface area contributed by atoms with E-state index in [2.05, 4.69) is 10.6 Å². The number of amides is 1. The fourth-order valence-electron chi connectivity index (χ4n) is 1.19. The molecule has 4 nitrogen and oxygen atoms in total. The lowest BCUT2D eigenvalue weighted by Crippen LogP contribution is -2.40. The van der Waals surface area contributed by atoms with Crippen molar-refractivity contribution in [3.05, 3.63) is 35.9 Å². The molecule has 0 aliphatic rings. The lowest BCUT2D eigenvalue weighted by atomic mass is 10.1. The van der Waals surface area contributed by atoms with E-state index >= 15 is 0 Å². The summed E-state index contributed by atoms with van der Waals surface area (Å²) in [5.74, 6) is -0.268. The quantitative estimate of drug-likeness (QED) is 0.605. The zero-order valence-electron chi connectivity index (χ0n) is 8.77. The van der Waals surface area contributed by atoms with Gasteiger partial charge in [-0.15, -0.1) is 0 Å². The van der Waals surface area contributed by atoms with Crippen LogP contribution in [-0.2, 0) is 9.59 Å². The van der Waals surface area contributed by atoms with Crippen LogP contribution in [0.5, 0.6) is 0 Å². The average molecular weight is 236 g/mol. The van der Waals surface area contributed by atoms with E-state index in [1.165, 1.54) is 6.92 Å². The fraction of sp³-hybridized carbons (Fsp3) is 0.182. The van der Waals surface area contributed by atoms with E-state index in [1.807, 2.05) is 30.3 Å².